The van der Waals surface area contributed by atoms with Crippen molar-refractivity contribution in [1.29, 1.82) is 0 Å². The Kier molecular flexibility index (Phi) is 8.45. The van der Waals surface area contributed by atoms with Crippen molar-refractivity contribution >= 4 is 45.9 Å². The first kappa shape index (κ1) is 19.8. The largest absolute Gasteiger partial charge is 0.357 e. The molecule has 9 heteroatoms. The maximum absolute atomic E-state index is 13.5. The van der Waals surface area contributed by atoms with Crippen molar-refractivity contribution in [1.82, 2.24) is 25.4 Å². The lowest BCUT2D eigenvalue weighted by atomic mass is 10.2. The van der Waals surface area contributed by atoms with Gasteiger partial charge in [0.2, 0.25) is 0 Å². The Morgan fingerprint density at radius 3 is 2.78 bits per heavy atom. The number of nitrogens with one attached hydrogen (secondary N) is 2. The number of guanidine groups is 1. The smallest absolute Gasteiger partial charge is 0.191 e. The maximum atomic E-state index is 13.5. The number of aliphatic imine (C=N–C) groups is 1. The Bertz CT molecular complexity index is 660. The van der Waals surface area contributed by atoms with E-state index in [9.17, 15) is 4.39 Å². The first-order chi connectivity index (χ1) is 10.6. The molecular formula is C14H19BrFIN6. The van der Waals surface area contributed by atoms with Gasteiger partial charge < -0.3 is 10.6 Å². The summed E-state index contributed by atoms with van der Waals surface area (Å²) in [6, 6.07) is 4.99. The minimum absolute atomic E-state index is 0. The van der Waals surface area contributed by atoms with E-state index >= 15 is 0 Å². The molecule has 126 valence electrons. The monoisotopic (exact) mass is 496 g/mol. The summed E-state index contributed by atoms with van der Waals surface area (Å²) in [5.41, 5.74) is 0.802. The molecule has 0 aliphatic rings. The molecule has 0 aliphatic carbocycles. The van der Waals surface area contributed by atoms with E-state index in [1.54, 1.807) is 10.7 Å². The highest BCUT2D eigenvalue weighted by Gasteiger charge is 2.04. The lowest BCUT2D eigenvalue weighted by Crippen LogP contribution is -2.37. The Hall–Kier alpha value is -1.23. The van der Waals surface area contributed by atoms with Gasteiger partial charge in [0.15, 0.2) is 5.96 Å². The van der Waals surface area contributed by atoms with Crippen LogP contribution in [0.4, 0.5) is 4.39 Å². The average Bonchev–Trinajstić information content (AvgIpc) is 2.91. The van der Waals surface area contributed by atoms with E-state index in [2.05, 4.69) is 41.6 Å². The normalized spacial score (nSPS) is 11.0. The summed E-state index contributed by atoms with van der Waals surface area (Å²) in [6.45, 7) is 3.62. The van der Waals surface area contributed by atoms with Gasteiger partial charge in [-0.05, 0) is 40.5 Å². The molecule has 23 heavy (non-hydrogen) atoms. The first-order valence-corrected chi connectivity index (χ1v) is 7.68. The van der Waals surface area contributed by atoms with Crippen LogP contribution in [-0.2, 0) is 20.1 Å². The van der Waals surface area contributed by atoms with Gasteiger partial charge in [-0.25, -0.2) is 14.4 Å². The highest BCUT2D eigenvalue weighted by molar-refractivity contribution is 14.0. The molecule has 0 saturated heterocycles. The summed E-state index contributed by atoms with van der Waals surface area (Å²) in [5.74, 6) is 1.17. The SMILES string of the molecule is CCNC(=NCc1ccc(Br)c(F)c1)NCc1ncnn1C.I. The van der Waals surface area contributed by atoms with Crippen LogP contribution in [0.2, 0.25) is 0 Å². The lowest BCUT2D eigenvalue weighted by molar-refractivity contribution is 0.618. The van der Waals surface area contributed by atoms with E-state index < -0.39 is 0 Å². The number of aromatic nitrogens is 3. The van der Waals surface area contributed by atoms with Crippen LogP contribution >= 0.6 is 39.9 Å². The van der Waals surface area contributed by atoms with Gasteiger partial charge in [-0.1, -0.05) is 6.07 Å². The zero-order valence-electron chi connectivity index (χ0n) is 12.9. The summed E-state index contributed by atoms with van der Waals surface area (Å²) < 4.78 is 15.6. The van der Waals surface area contributed by atoms with Crippen LogP contribution in [0.5, 0.6) is 0 Å². The molecule has 2 aromatic rings. The van der Waals surface area contributed by atoms with Gasteiger partial charge >= 0.3 is 0 Å². The number of nitrogens with zero attached hydrogens (tertiary/aromatic N) is 4. The van der Waals surface area contributed by atoms with E-state index in [0.29, 0.717) is 23.5 Å². The van der Waals surface area contributed by atoms with Gasteiger partial charge in [0.1, 0.15) is 18.0 Å². The number of benzene rings is 1. The Balaban J connectivity index is 0.00000264. The molecule has 0 atom stereocenters. The van der Waals surface area contributed by atoms with E-state index in [-0.39, 0.29) is 29.8 Å². The number of hydrogen-bond acceptors (Lipinski definition) is 3. The number of hydrogen-bond donors (Lipinski definition) is 2. The van der Waals surface area contributed by atoms with Gasteiger partial charge in [0, 0.05) is 13.6 Å². The van der Waals surface area contributed by atoms with Gasteiger partial charge in [0.25, 0.3) is 0 Å². The van der Waals surface area contributed by atoms with Gasteiger partial charge in [-0.3, -0.25) is 4.68 Å². The fraction of sp³-hybridized carbons (Fsp3) is 0.357. The highest BCUT2D eigenvalue weighted by atomic mass is 127. The lowest BCUT2D eigenvalue weighted by Gasteiger charge is -2.11. The third kappa shape index (κ3) is 6.05. The molecule has 0 aliphatic heterocycles. The van der Waals surface area contributed by atoms with E-state index in [0.717, 1.165) is 17.9 Å². The van der Waals surface area contributed by atoms with E-state index in [4.69, 9.17) is 0 Å². The Labute approximate surface area is 160 Å². The molecule has 1 heterocycles. The van der Waals surface area contributed by atoms with Crippen LogP contribution < -0.4 is 10.6 Å². The minimum atomic E-state index is -0.287. The van der Waals surface area contributed by atoms with Gasteiger partial charge in [-0.15, -0.1) is 24.0 Å². The molecule has 0 spiro atoms. The van der Waals surface area contributed by atoms with Crippen molar-refractivity contribution in [3.05, 3.63) is 46.2 Å². The second kappa shape index (κ2) is 9.81. The standard InChI is InChI=1S/C14H18BrFN6.HI/c1-3-17-14(19-8-13-20-9-21-22(13)2)18-7-10-4-5-11(15)12(16)6-10;/h4-6,9H,3,7-8H2,1-2H3,(H2,17,18,19);1H. The van der Waals surface area contributed by atoms with Crippen LogP contribution in [-0.4, -0.2) is 27.3 Å². The summed E-state index contributed by atoms with van der Waals surface area (Å²) in [4.78, 5) is 8.58. The van der Waals surface area contributed by atoms with Crippen LogP contribution in [0, 0.1) is 5.82 Å². The molecule has 6 nitrogen and oxygen atoms in total. The topological polar surface area (TPSA) is 67.1 Å². The molecule has 0 amide bonds. The second-order valence-electron chi connectivity index (χ2n) is 4.60. The van der Waals surface area contributed by atoms with Crippen molar-refractivity contribution in [2.24, 2.45) is 12.0 Å². The minimum Gasteiger partial charge on any atom is -0.357 e. The molecule has 0 saturated carbocycles. The highest BCUT2D eigenvalue weighted by Crippen LogP contribution is 2.16. The van der Waals surface area contributed by atoms with Crippen LogP contribution in [0.25, 0.3) is 0 Å². The van der Waals surface area contributed by atoms with Crippen LogP contribution in [0.3, 0.4) is 0 Å². The molecule has 2 N–H and O–H groups in total. The molecule has 1 aromatic carbocycles. The summed E-state index contributed by atoms with van der Waals surface area (Å²) in [5, 5.41) is 10.3. The molecule has 0 bridgehead atoms. The van der Waals surface area contributed by atoms with Crippen LogP contribution in [0.15, 0.2) is 34.0 Å². The molecule has 1 aromatic heterocycles. The molecule has 2 rings (SSSR count). The molecule has 0 radical (unpaired) electrons. The third-order valence-corrected chi connectivity index (χ3v) is 3.61. The first-order valence-electron chi connectivity index (χ1n) is 6.89. The zero-order chi connectivity index (χ0) is 15.9. The Morgan fingerprint density at radius 1 is 1.39 bits per heavy atom. The molecule has 0 fully saturated rings. The maximum Gasteiger partial charge on any atom is 0.191 e. The number of aryl methyl sites for hydroxylation is 1. The number of rotatable bonds is 5. The van der Waals surface area contributed by atoms with Crippen molar-refractivity contribution in [3.8, 4) is 0 Å². The van der Waals surface area contributed by atoms with Crippen molar-refractivity contribution in [2.75, 3.05) is 6.54 Å². The average molecular weight is 497 g/mol. The summed E-state index contributed by atoms with van der Waals surface area (Å²) in [7, 11) is 1.83. The van der Waals surface area contributed by atoms with Gasteiger partial charge in [-0.2, -0.15) is 5.10 Å². The fourth-order valence-corrected chi connectivity index (χ4v) is 2.04. The summed E-state index contributed by atoms with van der Waals surface area (Å²) in [6.07, 6.45) is 1.51. The predicted octanol–water partition coefficient (Wildman–Crippen LogP) is 2.59. The van der Waals surface area contributed by atoms with Crippen molar-refractivity contribution in [2.45, 2.75) is 20.0 Å². The van der Waals surface area contributed by atoms with E-state index in [1.165, 1.54) is 12.4 Å². The third-order valence-electron chi connectivity index (χ3n) is 2.97. The van der Waals surface area contributed by atoms with Crippen molar-refractivity contribution < 1.29 is 4.39 Å². The second-order valence-corrected chi connectivity index (χ2v) is 5.45. The van der Waals surface area contributed by atoms with Crippen LogP contribution in [0.1, 0.15) is 18.3 Å². The van der Waals surface area contributed by atoms with E-state index in [1.807, 2.05) is 20.0 Å². The predicted molar refractivity (Wildman–Crippen MR) is 102 cm³/mol. The zero-order valence-corrected chi connectivity index (χ0v) is 16.8. The molecular weight excluding hydrogens is 478 g/mol. The molecule has 0 unspecified atom stereocenters. The van der Waals surface area contributed by atoms with Gasteiger partial charge in [0.05, 0.1) is 17.6 Å². The quantitative estimate of drug-likeness (QED) is 0.379. The number of halogens is 3. The summed E-state index contributed by atoms with van der Waals surface area (Å²) >= 11 is 3.14. The fourth-order valence-electron chi connectivity index (χ4n) is 1.79. The van der Waals surface area contributed by atoms with Crippen molar-refractivity contribution in [3.63, 3.8) is 0 Å². The Morgan fingerprint density at radius 2 is 2.17 bits per heavy atom.